The Labute approximate surface area is 241 Å². The molecular weight excluding hydrogens is 516 g/mol. The molecule has 212 valence electrons. The van der Waals surface area contributed by atoms with E-state index in [-0.39, 0.29) is 0 Å². The van der Waals surface area contributed by atoms with Crippen LogP contribution in [0.15, 0.2) is 84.9 Å². The van der Waals surface area contributed by atoms with Crippen LogP contribution in [0, 0.1) is 0 Å². The molecule has 0 saturated carbocycles. The third kappa shape index (κ3) is 7.06. The summed E-state index contributed by atoms with van der Waals surface area (Å²) in [5, 5.41) is 2.61. The Morgan fingerprint density at radius 3 is 1.63 bits per heavy atom. The average Bonchev–Trinajstić information content (AvgIpc) is 3.01. The molecule has 0 aliphatic rings. The van der Waals surface area contributed by atoms with Crippen molar-refractivity contribution >= 4 is 23.3 Å². The van der Waals surface area contributed by atoms with Crippen LogP contribution in [-0.4, -0.2) is 25.1 Å². The lowest BCUT2D eigenvalue weighted by Crippen LogP contribution is -2.27. The molecule has 4 rings (SSSR count). The summed E-state index contributed by atoms with van der Waals surface area (Å²) in [5.74, 6) is -1.07. The van der Waals surface area contributed by atoms with Gasteiger partial charge in [0.15, 0.2) is 0 Å². The van der Waals surface area contributed by atoms with E-state index >= 15 is 0 Å². The highest BCUT2D eigenvalue weighted by atomic mass is 16.7. The van der Waals surface area contributed by atoms with Crippen LogP contribution in [0.5, 0.6) is 11.5 Å². The van der Waals surface area contributed by atoms with Crippen molar-refractivity contribution in [2.45, 2.75) is 40.5 Å². The number of nitrogens with one attached hydrogen (secondary N) is 2. The highest BCUT2D eigenvalue weighted by Crippen LogP contribution is 2.34. The Balaban J connectivity index is 1.47. The maximum absolute atomic E-state index is 12.8. The number of hydrogen-bond acceptors (Lipinski definition) is 6. The average molecular weight is 553 g/mol. The molecule has 4 aromatic rings. The number of ether oxygens (including phenoxy) is 2. The number of benzene rings is 4. The quantitative estimate of drug-likeness (QED) is 0.148. The Hall–Kier alpha value is -4.78. The van der Waals surface area contributed by atoms with E-state index in [1.807, 2.05) is 62.4 Å². The number of carbonyl (C=O) groups is 2. The zero-order chi connectivity index (χ0) is 29.2. The molecule has 7 heteroatoms. The third-order valence-electron chi connectivity index (χ3n) is 6.67. The largest absolute Gasteiger partial charge is 0.492 e. The summed E-state index contributed by atoms with van der Waals surface area (Å²) in [6, 6.07) is 27.4. The van der Waals surface area contributed by atoms with Crippen molar-refractivity contribution in [3.8, 4) is 33.8 Å². The molecule has 0 atom stereocenters. The molecule has 0 aromatic heterocycles. The van der Waals surface area contributed by atoms with Gasteiger partial charge in [-0.1, -0.05) is 74.5 Å². The van der Waals surface area contributed by atoms with Gasteiger partial charge in [-0.3, -0.25) is 4.79 Å². The minimum atomic E-state index is -1.10. The highest BCUT2D eigenvalue weighted by Gasteiger charge is 2.20. The molecule has 0 radical (unpaired) electrons. The first-order chi connectivity index (χ1) is 20.0. The van der Waals surface area contributed by atoms with Crippen molar-refractivity contribution in [2.24, 2.45) is 0 Å². The number of rotatable bonds is 11. The summed E-state index contributed by atoms with van der Waals surface area (Å²) in [4.78, 5) is 30.5. The van der Waals surface area contributed by atoms with Gasteiger partial charge in [0.2, 0.25) is 0 Å². The number of carbonyl (C=O) groups excluding carboxylic acids is 2. The lowest BCUT2D eigenvalue weighted by molar-refractivity contribution is -0.150. The van der Waals surface area contributed by atoms with Gasteiger partial charge in [0.05, 0.1) is 18.9 Å². The van der Waals surface area contributed by atoms with Crippen LogP contribution in [0.4, 0.5) is 11.4 Å². The molecule has 7 nitrogen and oxygen atoms in total. The van der Waals surface area contributed by atoms with Gasteiger partial charge in [-0.05, 0) is 84.3 Å². The third-order valence-corrected chi connectivity index (χ3v) is 6.67. The maximum Gasteiger partial charge on any atom is 0.421 e. The number of anilines is 2. The van der Waals surface area contributed by atoms with Crippen molar-refractivity contribution < 1.29 is 23.9 Å². The van der Waals surface area contributed by atoms with Crippen LogP contribution < -0.4 is 20.3 Å². The lowest BCUT2D eigenvalue weighted by atomic mass is 9.97. The van der Waals surface area contributed by atoms with Crippen molar-refractivity contribution in [1.82, 2.24) is 0 Å². The topological polar surface area (TPSA) is 85.9 Å². The fraction of sp³-hybridized carbons (Fsp3) is 0.235. The highest BCUT2D eigenvalue weighted by molar-refractivity contribution is 6.37. The molecule has 0 unspecified atom stereocenters. The molecule has 2 N–H and O–H groups in total. The molecule has 0 aliphatic carbocycles. The second kappa shape index (κ2) is 14.0. The Morgan fingerprint density at radius 2 is 1.12 bits per heavy atom. The number of hydrogen-bond donors (Lipinski definition) is 2. The lowest BCUT2D eigenvalue weighted by Gasteiger charge is -2.16. The zero-order valence-electron chi connectivity index (χ0n) is 24.0. The Bertz CT molecular complexity index is 1510. The van der Waals surface area contributed by atoms with E-state index in [9.17, 15) is 9.59 Å². The summed E-state index contributed by atoms with van der Waals surface area (Å²) in [7, 11) is 0. The summed E-state index contributed by atoms with van der Waals surface area (Å²) in [6.45, 7) is 8.76. The van der Waals surface area contributed by atoms with Crippen molar-refractivity contribution in [2.75, 3.05) is 24.0 Å². The molecule has 41 heavy (non-hydrogen) atoms. The van der Waals surface area contributed by atoms with Crippen LogP contribution in [0.1, 0.15) is 38.8 Å². The normalized spacial score (nSPS) is 10.5. The standard InChI is InChI=1S/C34H36N2O5/c1-5-23-13-9-11-15-27(23)25-17-19-29(31(21-25)39-7-3)35-33(37)34(38)41-36-30-20-18-26(22-32(30)40-8-4)28-16-12-10-14-24(28)6-2/h9-22,36H,5-8H2,1-4H3,(H,35,37). The summed E-state index contributed by atoms with van der Waals surface area (Å²) < 4.78 is 11.6. The van der Waals surface area contributed by atoms with Gasteiger partial charge in [0.1, 0.15) is 17.2 Å². The summed E-state index contributed by atoms with van der Waals surface area (Å²) >= 11 is 0. The molecule has 0 bridgehead atoms. The van der Waals surface area contributed by atoms with Crippen molar-refractivity contribution in [3.05, 3.63) is 96.1 Å². The van der Waals surface area contributed by atoms with Crippen LogP contribution >= 0.6 is 0 Å². The molecule has 4 aromatic carbocycles. The molecular formula is C34H36N2O5. The number of amides is 1. The van der Waals surface area contributed by atoms with Crippen LogP contribution in [0.25, 0.3) is 22.3 Å². The fourth-order valence-electron chi connectivity index (χ4n) is 4.66. The summed E-state index contributed by atoms with van der Waals surface area (Å²) in [6.07, 6.45) is 1.78. The first-order valence-electron chi connectivity index (χ1n) is 14.0. The first kappa shape index (κ1) is 29.2. The molecule has 0 fully saturated rings. The van der Waals surface area contributed by atoms with E-state index in [1.54, 1.807) is 12.1 Å². The second-order valence-corrected chi connectivity index (χ2v) is 9.26. The van der Waals surface area contributed by atoms with E-state index in [0.717, 1.165) is 35.1 Å². The van der Waals surface area contributed by atoms with E-state index in [1.165, 1.54) is 11.1 Å². The van der Waals surface area contributed by atoms with Gasteiger partial charge in [-0.25, -0.2) is 10.3 Å². The van der Waals surface area contributed by atoms with Gasteiger partial charge in [-0.15, -0.1) is 0 Å². The van der Waals surface area contributed by atoms with Crippen LogP contribution in [0.2, 0.25) is 0 Å². The predicted molar refractivity (Wildman–Crippen MR) is 163 cm³/mol. The second-order valence-electron chi connectivity index (χ2n) is 9.26. The van der Waals surface area contributed by atoms with E-state index in [2.05, 4.69) is 48.9 Å². The minimum Gasteiger partial charge on any atom is -0.492 e. The number of aryl methyl sites for hydroxylation is 2. The predicted octanol–water partition coefficient (Wildman–Crippen LogP) is 7.45. The van der Waals surface area contributed by atoms with Gasteiger partial charge in [-0.2, -0.15) is 0 Å². The molecule has 0 spiro atoms. The molecule has 0 heterocycles. The zero-order valence-corrected chi connectivity index (χ0v) is 24.0. The SMILES string of the molecule is CCOc1cc(-c2ccccc2CC)ccc1NOC(=O)C(=O)Nc1ccc(-c2ccccc2CC)cc1OCC. The maximum atomic E-state index is 12.8. The van der Waals surface area contributed by atoms with E-state index < -0.39 is 11.9 Å². The summed E-state index contributed by atoms with van der Waals surface area (Å²) in [5.41, 5.74) is 9.95. The Kier molecular flexibility index (Phi) is 9.99. The minimum absolute atomic E-state index is 0.375. The molecule has 1 amide bonds. The van der Waals surface area contributed by atoms with Gasteiger partial charge in [0.25, 0.3) is 0 Å². The Morgan fingerprint density at radius 1 is 0.634 bits per heavy atom. The van der Waals surface area contributed by atoms with Crippen LogP contribution in [0.3, 0.4) is 0 Å². The van der Waals surface area contributed by atoms with Gasteiger partial charge < -0.3 is 19.6 Å². The smallest absolute Gasteiger partial charge is 0.421 e. The van der Waals surface area contributed by atoms with Gasteiger partial charge in [0, 0.05) is 0 Å². The molecule has 0 aliphatic heterocycles. The van der Waals surface area contributed by atoms with Crippen LogP contribution in [-0.2, 0) is 27.3 Å². The first-order valence-corrected chi connectivity index (χ1v) is 14.0. The van der Waals surface area contributed by atoms with Gasteiger partial charge >= 0.3 is 11.9 Å². The van der Waals surface area contributed by atoms with E-state index in [4.69, 9.17) is 14.3 Å². The van der Waals surface area contributed by atoms with Crippen molar-refractivity contribution in [3.63, 3.8) is 0 Å². The van der Waals surface area contributed by atoms with E-state index in [0.29, 0.717) is 36.1 Å². The van der Waals surface area contributed by atoms with Crippen molar-refractivity contribution in [1.29, 1.82) is 0 Å². The monoisotopic (exact) mass is 552 g/mol. The molecule has 0 saturated heterocycles. The fourth-order valence-corrected chi connectivity index (χ4v) is 4.66.